The summed E-state index contributed by atoms with van der Waals surface area (Å²) in [4.78, 5) is 3.95. The molecule has 1 aliphatic carbocycles. The first-order valence-electron chi connectivity index (χ1n) is 4.07. The van der Waals surface area contributed by atoms with Crippen molar-refractivity contribution in [3.05, 3.63) is 41.8 Å². The number of aliphatic imine (C=N–C) groups is 1. The summed E-state index contributed by atoms with van der Waals surface area (Å²) in [5.41, 5.74) is 6.23. The van der Waals surface area contributed by atoms with Gasteiger partial charge in [-0.1, -0.05) is 12.2 Å². The van der Waals surface area contributed by atoms with Crippen LogP contribution in [-0.4, -0.2) is 13.1 Å². The predicted molar refractivity (Wildman–Crippen MR) is 52.0 cm³/mol. The zero-order valence-corrected chi connectivity index (χ0v) is 7.64. The topological polar surface area (TPSA) is 72.3 Å². The van der Waals surface area contributed by atoms with Crippen molar-refractivity contribution in [1.29, 1.82) is 0 Å². The molecule has 0 saturated carbocycles. The highest BCUT2D eigenvalue weighted by molar-refractivity contribution is 5.81. The van der Waals surface area contributed by atoms with Crippen LogP contribution in [0.1, 0.15) is 0 Å². The fourth-order valence-electron chi connectivity index (χ4n) is 1.11. The lowest BCUT2D eigenvalue weighted by Crippen LogP contribution is -2.03. The summed E-state index contributed by atoms with van der Waals surface area (Å²) in [6.45, 7) is 0. The number of azo groups is 1. The van der Waals surface area contributed by atoms with Crippen molar-refractivity contribution >= 4 is 5.96 Å². The van der Waals surface area contributed by atoms with Crippen LogP contribution in [0.2, 0.25) is 0 Å². The molecule has 5 nitrogen and oxygen atoms in total. The van der Waals surface area contributed by atoms with Gasteiger partial charge in [-0.3, -0.25) is 0 Å². The first kappa shape index (κ1) is 8.83. The molecule has 0 bridgehead atoms. The number of allylic oxidation sites excluding steroid dienone is 3. The Morgan fingerprint density at radius 1 is 1.14 bits per heavy atom. The summed E-state index contributed by atoms with van der Waals surface area (Å²) in [5, 5.41) is 7.44. The van der Waals surface area contributed by atoms with Crippen molar-refractivity contribution in [2.24, 2.45) is 21.0 Å². The lowest BCUT2D eigenvalue weighted by Gasteiger charge is -2.08. The van der Waals surface area contributed by atoms with Gasteiger partial charge in [0.05, 0.1) is 0 Å². The van der Waals surface area contributed by atoms with E-state index >= 15 is 0 Å². The molecule has 0 saturated heterocycles. The van der Waals surface area contributed by atoms with E-state index in [9.17, 15) is 0 Å². The van der Waals surface area contributed by atoms with Crippen molar-refractivity contribution in [3.63, 3.8) is 0 Å². The number of rotatable bonds is 1. The summed E-state index contributed by atoms with van der Waals surface area (Å²) >= 11 is 0. The van der Waals surface area contributed by atoms with Gasteiger partial charge < -0.3 is 10.5 Å². The molecule has 0 aromatic rings. The number of hydrogen-bond donors (Lipinski definition) is 1. The molecule has 1 aliphatic heterocycles. The number of nitrogens with zero attached hydrogens (tertiary/aromatic N) is 3. The Balaban J connectivity index is 2.24. The first-order valence-corrected chi connectivity index (χ1v) is 4.07. The van der Waals surface area contributed by atoms with Gasteiger partial charge in [0.25, 0.3) is 0 Å². The lowest BCUT2D eigenvalue weighted by molar-refractivity contribution is 0.257. The molecule has 1 heterocycles. The van der Waals surface area contributed by atoms with Crippen molar-refractivity contribution in [1.82, 2.24) is 0 Å². The second-order valence-electron chi connectivity index (χ2n) is 2.72. The number of ether oxygens (including phenoxy) is 1. The maximum absolute atomic E-state index is 5.36. The van der Waals surface area contributed by atoms with E-state index in [1.165, 1.54) is 0 Å². The molecular formula is C9H9N4O. The maximum Gasteiger partial charge on any atom is 0.242 e. The van der Waals surface area contributed by atoms with Crippen molar-refractivity contribution in [2.75, 3.05) is 7.11 Å². The standard InChI is InChI=1S/C9H9N4O/c1-14-7-4-2-6(3-5-7)8-11-9(10)13-12-8/h2-5H,1H3,(H2,10,11). The molecule has 2 rings (SSSR count). The number of methoxy groups -OCH3 is 1. The smallest absolute Gasteiger partial charge is 0.242 e. The van der Waals surface area contributed by atoms with E-state index in [-0.39, 0.29) is 5.96 Å². The molecule has 0 fully saturated rings. The van der Waals surface area contributed by atoms with Gasteiger partial charge in [0.2, 0.25) is 5.96 Å². The number of nitrogens with two attached hydrogens (primary N) is 1. The summed E-state index contributed by atoms with van der Waals surface area (Å²) in [6, 6.07) is 0. The minimum atomic E-state index is 0.191. The van der Waals surface area contributed by atoms with E-state index in [4.69, 9.17) is 10.5 Å². The molecule has 2 N–H and O–H groups in total. The van der Waals surface area contributed by atoms with Gasteiger partial charge in [-0.05, 0) is 12.2 Å². The van der Waals surface area contributed by atoms with E-state index < -0.39 is 0 Å². The Labute approximate surface area is 81.4 Å². The van der Waals surface area contributed by atoms with Crippen LogP contribution in [0.5, 0.6) is 0 Å². The second-order valence-corrected chi connectivity index (χ2v) is 2.72. The van der Waals surface area contributed by atoms with Crippen LogP contribution >= 0.6 is 0 Å². The summed E-state index contributed by atoms with van der Waals surface area (Å²) in [7, 11) is 1.62. The Hall–Kier alpha value is -1.75. The predicted octanol–water partition coefficient (Wildman–Crippen LogP) is 1.28. The molecule has 14 heavy (non-hydrogen) atoms. The van der Waals surface area contributed by atoms with Crippen LogP contribution in [0.3, 0.4) is 0 Å². The van der Waals surface area contributed by atoms with E-state index in [1.54, 1.807) is 7.11 Å². The third kappa shape index (κ3) is 1.62. The van der Waals surface area contributed by atoms with Gasteiger partial charge in [0.1, 0.15) is 6.10 Å². The largest absolute Gasteiger partial charge is 0.366 e. The first-order chi connectivity index (χ1) is 6.79. The molecule has 71 valence electrons. The Morgan fingerprint density at radius 2 is 1.86 bits per heavy atom. The normalized spacial score (nSPS) is 20.8. The molecule has 0 aromatic carbocycles. The van der Waals surface area contributed by atoms with E-state index in [0.717, 1.165) is 11.7 Å². The van der Waals surface area contributed by atoms with Gasteiger partial charge >= 0.3 is 0 Å². The average Bonchev–Trinajstić information content (AvgIpc) is 2.65. The Morgan fingerprint density at radius 3 is 2.36 bits per heavy atom. The van der Waals surface area contributed by atoms with Gasteiger partial charge in [-0.2, -0.15) is 4.99 Å². The molecule has 0 amide bonds. The zero-order chi connectivity index (χ0) is 9.97. The number of hydrogen-bond acceptors (Lipinski definition) is 5. The van der Waals surface area contributed by atoms with Gasteiger partial charge in [0, 0.05) is 12.7 Å². The molecule has 0 atom stereocenters. The van der Waals surface area contributed by atoms with Crippen LogP contribution in [-0.2, 0) is 4.74 Å². The summed E-state index contributed by atoms with van der Waals surface area (Å²) in [6.07, 6.45) is 8.18. The highest BCUT2D eigenvalue weighted by atomic mass is 16.5. The molecule has 2 aliphatic rings. The minimum Gasteiger partial charge on any atom is -0.366 e. The van der Waals surface area contributed by atoms with Gasteiger partial charge in [-0.25, -0.2) is 0 Å². The Bertz CT molecular complexity index is 374. The van der Waals surface area contributed by atoms with Crippen LogP contribution in [0.15, 0.2) is 50.9 Å². The maximum atomic E-state index is 5.36. The fourth-order valence-corrected chi connectivity index (χ4v) is 1.11. The van der Waals surface area contributed by atoms with E-state index in [2.05, 4.69) is 15.2 Å². The van der Waals surface area contributed by atoms with Gasteiger partial charge in [0.15, 0.2) is 5.82 Å². The van der Waals surface area contributed by atoms with Crippen LogP contribution in [0.4, 0.5) is 0 Å². The van der Waals surface area contributed by atoms with Crippen molar-refractivity contribution in [2.45, 2.75) is 0 Å². The second kappa shape index (κ2) is 3.55. The van der Waals surface area contributed by atoms with Crippen LogP contribution in [0, 0.1) is 6.10 Å². The monoisotopic (exact) mass is 189 g/mol. The van der Waals surface area contributed by atoms with E-state index in [1.807, 2.05) is 24.3 Å². The average molecular weight is 189 g/mol. The minimum absolute atomic E-state index is 0.191. The van der Waals surface area contributed by atoms with Crippen LogP contribution in [0.25, 0.3) is 0 Å². The Kier molecular flexibility index (Phi) is 2.24. The summed E-state index contributed by atoms with van der Waals surface area (Å²) < 4.78 is 5.03. The molecule has 0 spiro atoms. The molecule has 5 heteroatoms. The van der Waals surface area contributed by atoms with Crippen LogP contribution < -0.4 is 5.73 Å². The molecule has 0 aromatic heterocycles. The van der Waals surface area contributed by atoms with Crippen molar-refractivity contribution < 1.29 is 4.74 Å². The van der Waals surface area contributed by atoms with E-state index in [0.29, 0.717) is 5.82 Å². The quantitative estimate of drug-likeness (QED) is 0.674. The molecule has 1 radical (unpaired) electrons. The number of guanidine groups is 1. The highest BCUT2D eigenvalue weighted by Crippen LogP contribution is 2.22. The van der Waals surface area contributed by atoms with Crippen molar-refractivity contribution in [3.8, 4) is 0 Å². The lowest BCUT2D eigenvalue weighted by atomic mass is 10.1. The highest BCUT2D eigenvalue weighted by Gasteiger charge is 2.11. The zero-order valence-electron chi connectivity index (χ0n) is 7.64. The fraction of sp³-hybridized carbons (Fsp3) is 0.111. The SMILES string of the molecule is CO[C]1C=CC(=C2N=NC(N)=N2)C=C1. The third-order valence-electron chi connectivity index (χ3n) is 1.82. The molecular weight excluding hydrogens is 180 g/mol. The summed E-state index contributed by atoms with van der Waals surface area (Å²) in [5.74, 6) is 0.723. The van der Waals surface area contributed by atoms with Gasteiger partial charge in [-0.15, -0.1) is 10.2 Å². The molecule has 0 unspecified atom stereocenters. The third-order valence-corrected chi connectivity index (χ3v) is 1.82.